The van der Waals surface area contributed by atoms with Crippen LogP contribution in [-0.4, -0.2) is 41.6 Å². The molecule has 0 unspecified atom stereocenters. The van der Waals surface area contributed by atoms with Crippen LogP contribution in [0.25, 0.3) is 0 Å². The number of carbonyl (C=O) groups is 2. The molecule has 1 fully saturated rings. The number of phenols is 1. The van der Waals surface area contributed by atoms with Crippen molar-refractivity contribution in [3.63, 3.8) is 0 Å². The van der Waals surface area contributed by atoms with Crippen LogP contribution in [0.15, 0.2) is 18.2 Å². The van der Waals surface area contributed by atoms with Crippen LogP contribution in [0.3, 0.4) is 0 Å². The number of likely N-dealkylation sites (tertiary alicyclic amines) is 1. The first kappa shape index (κ1) is 15.4. The van der Waals surface area contributed by atoms with Crippen molar-refractivity contribution < 1.29 is 19.4 Å². The molecule has 1 aliphatic rings. The van der Waals surface area contributed by atoms with Gasteiger partial charge in [-0.25, -0.2) is 0 Å². The molecule has 0 aliphatic carbocycles. The summed E-state index contributed by atoms with van der Waals surface area (Å²) in [6.07, 6.45) is 1.56. The number of hydrogen-bond donors (Lipinski definition) is 1. The van der Waals surface area contributed by atoms with Crippen LogP contribution in [0.4, 0.5) is 0 Å². The largest absolute Gasteiger partial charge is 0.508 e. The minimum absolute atomic E-state index is 0.105. The average Bonchev–Trinajstić information content (AvgIpc) is 2.49. The number of carbonyl (C=O) groups excluding carboxylic acids is 2. The molecule has 1 aromatic carbocycles. The van der Waals surface area contributed by atoms with E-state index in [0.29, 0.717) is 30.8 Å². The van der Waals surface area contributed by atoms with Crippen molar-refractivity contribution in [2.45, 2.75) is 26.7 Å². The molecule has 1 amide bonds. The molecule has 1 saturated heterocycles. The Labute approximate surface area is 124 Å². The molecule has 2 rings (SSSR count). The highest BCUT2D eigenvalue weighted by Crippen LogP contribution is 2.22. The monoisotopic (exact) mass is 291 g/mol. The summed E-state index contributed by atoms with van der Waals surface area (Å²) in [5, 5.41) is 9.52. The predicted molar refractivity (Wildman–Crippen MR) is 78.1 cm³/mol. The molecular weight excluding hydrogens is 270 g/mol. The maximum Gasteiger partial charge on any atom is 0.310 e. The molecule has 0 bridgehead atoms. The summed E-state index contributed by atoms with van der Waals surface area (Å²) in [5.74, 6) is -0.389. The van der Waals surface area contributed by atoms with Crippen molar-refractivity contribution in [2.75, 3.05) is 19.7 Å². The van der Waals surface area contributed by atoms with Gasteiger partial charge in [0.05, 0.1) is 12.5 Å². The van der Waals surface area contributed by atoms with Gasteiger partial charge in [0.25, 0.3) is 5.91 Å². The van der Waals surface area contributed by atoms with Crippen molar-refractivity contribution in [1.29, 1.82) is 0 Å². The normalized spacial score (nSPS) is 18.4. The number of rotatable bonds is 3. The molecule has 5 nitrogen and oxygen atoms in total. The first-order chi connectivity index (χ1) is 10.0. The Bertz CT molecular complexity index is 541. The molecule has 0 aromatic heterocycles. The zero-order valence-corrected chi connectivity index (χ0v) is 12.5. The van der Waals surface area contributed by atoms with Gasteiger partial charge in [-0.1, -0.05) is 0 Å². The van der Waals surface area contributed by atoms with Crippen LogP contribution in [0.1, 0.15) is 35.7 Å². The van der Waals surface area contributed by atoms with E-state index in [0.717, 1.165) is 12.8 Å². The van der Waals surface area contributed by atoms with Gasteiger partial charge in [-0.2, -0.15) is 0 Å². The fraction of sp³-hybridized carbons (Fsp3) is 0.500. The molecule has 21 heavy (non-hydrogen) atoms. The SMILES string of the molecule is CCOC(=O)[C@@H]1CCCN(C(=O)c2ccc(O)c(C)c2)C1. The van der Waals surface area contributed by atoms with Gasteiger partial charge in [0.2, 0.25) is 0 Å². The molecule has 1 N–H and O–H groups in total. The lowest BCUT2D eigenvalue weighted by molar-refractivity contribution is -0.149. The van der Waals surface area contributed by atoms with Gasteiger partial charge in [0.1, 0.15) is 5.75 Å². The zero-order chi connectivity index (χ0) is 15.4. The summed E-state index contributed by atoms with van der Waals surface area (Å²) in [6, 6.07) is 4.81. The zero-order valence-electron chi connectivity index (χ0n) is 12.5. The van der Waals surface area contributed by atoms with Crippen LogP contribution >= 0.6 is 0 Å². The third-order valence-corrected chi connectivity index (χ3v) is 3.77. The fourth-order valence-corrected chi connectivity index (χ4v) is 2.59. The molecule has 5 heteroatoms. The Kier molecular flexibility index (Phi) is 4.83. The number of hydrogen-bond acceptors (Lipinski definition) is 4. The predicted octanol–water partition coefficient (Wildman–Crippen LogP) is 2.12. The highest BCUT2D eigenvalue weighted by atomic mass is 16.5. The van der Waals surface area contributed by atoms with E-state index in [1.807, 2.05) is 0 Å². The second-order valence-electron chi connectivity index (χ2n) is 5.34. The number of aromatic hydroxyl groups is 1. The number of phenolic OH excluding ortho intramolecular Hbond substituents is 1. The van der Waals surface area contributed by atoms with E-state index in [2.05, 4.69) is 0 Å². The molecule has 0 spiro atoms. The topological polar surface area (TPSA) is 66.8 Å². The first-order valence-electron chi connectivity index (χ1n) is 7.28. The second kappa shape index (κ2) is 6.61. The summed E-state index contributed by atoms with van der Waals surface area (Å²) >= 11 is 0. The minimum Gasteiger partial charge on any atom is -0.508 e. The Morgan fingerprint density at radius 1 is 1.43 bits per heavy atom. The van der Waals surface area contributed by atoms with Gasteiger partial charge in [0, 0.05) is 18.7 Å². The number of aryl methyl sites for hydroxylation is 1. The summed E-state index contributed by atoms with van der Waals surface area (Å²) in [4.78, 5) is 26.0. The number of ether oxygens (including phenoxy) is 1. The maximum absolute atomic E-state index is 12.5. The average molecular weight is 291 g/mol. The highest BCUT2D eigenvalue weighted by molar-refractivity contribution is 5.95. The lowest BCUT2D eigenvalue weighted by atomic mass is 9.97. The van der Waals surface area contributed by atoms with E-state index < -0.39 is 0 Å². The maximum atomic E-state index is 12.5. The van der Waals surface area contributed by atoms with Gasteiger partial charge in [-0.3, -0.25) is 9.59 Å². The quantitative estimate of drug-likeness (QED) is 0.866. The molecular formula is C16H21NO4. The number of esters is 1. The van der Waals surface area contributed by atoms with E-state index in [9.17, 15) is 14.7 Å². The Morgan fingerprint density at radius 3 is 2.86 bits per heavy atom. The minimum atomic E-state index is -0.235. The van der Waals surface area contributed by atoms with Gasteiger partial charge >= 0.3 is 5.97 Å². The van der Waals surface area contributed by atoms with Crippen LogP contribution in [0, 0.1) is 12.8 Å². The van der Waals surface area contributed by atoms with Crippen molar-refractivity contribution in [3.05, 3.63) is 29.3 Å². The van der Waals surface area contributed by atoms with Crippen LogP contribution < -0.4 is 0 Å². The Balaban J connectivity index is 2.08. The molecule has 1 heterocycles. The Hall–Kier alpha value is -2.04. The second-order valence-corrected chi connectivity index (χ2v) is 5.34. The standard InChI is InChI=1S/C16H21NO4/c1-3-21-16(20)13-5-4-8-17(10-13)15(19)12-6-7-14(18)11(2)9-12/h6-7,9,13,18H,3-5,8,10H2,1-2H3/t13-/m1/s1. The molecule has 1 aromatic rings. The smallest absolute Gasteiger partial charge is 0.310 e. The highest BCUT2D eigenvalue weighted by Gasteiger charge is 2.29. The molecule has 114 valence electrons. The number of benzene rings is 1. The Morgan fingerprint density at radius 2 is 2.19 bits per heavy atom. The van der Waals surface area contributed by atoms with E-state index in [4.69, 9.17) is 4.74 Å². The van der Waals surface area contributed by atoms with Gasteiger partial charge < -0.3 is 14.7 Å². The third kappa shape index (κ3) is 3.54. The van der Waals surface area contributed by atoms with Gasteiger partial charge in [0.15, 0.2) is 0 Å². The molecule has 1 aliphatic heterocycles. The molecule has 0 saturated carbocycles. The molecule has 1 atom stereocenters. The van der Waals surface area contributed by atoms with Crippen molar-refractivity contribution >= 4 is 11.9 Å². The van der Waals surface area contributed by atoms with E-state index >= 15 is 0 Å². The number of nitrogens with zero attached hydrogens (tertiary/aromatic N) is 1. The number of piperidine rings is 1. The van der Waals surface area contributed by atoms with Gasteiger partial charge in [-0.15, -0.1) is 0 Å². The van der Waals surface area contributed by atoms with Gasteiger partial charge in [-0.05, 0) is 50.5 Å². The van der Waals surface area contributed by atoms with E-state index in [1.165, 1.54) is 6.07 Å². The van der Waals surface area contributed by atoms with Crippen molar-refractivity contribution in [1.82, 2.24) is 4.90 Å². The molecule has 0 radical (unpaired) electrons. The van der Waals surface area contributed by atoms with E-state index in [-0.39, 0.29) is 23.5 Å². The van der Waals surface area contributed by atoms with Crippen molar-refractivity contribution in [3.8, 4) is 5.75 Å². The summed E-state index contributed by atoms with van der Waals surface area (Å²) < 4.78 is 5.04. The third-order valence-electron chi connectivity index (χ3n) is 3.77. The summed E-state index contributed by atoms with van der Waals surface area (Å²) in [6.45, 7) is 4.94. The van der Waals surface area contributed by atoms with Crippen LogP contribution in [0.5, 0.6) is 5.75 Å². The van der Waals surface area contributed by atoms with Crippen LogP contribution in [-0.2, 0) is 9.53 Å². The summed E-state index contributed by atoms with van der Waals surface area (Å²) in [7, 11) is 0. The summed E-state index contributed by atoms with van der Waals surface area (Å²) in [5.41, 5.74) is 1.20. The van der Waals surface area contributed by atoms with E-state index in [1.54, 1.807) is 30.9 Å². The number of amides is 1. The van der Waals surface area contributed by atoms with Crippen molar-refractivity contribution in [2.24, 2.45) is 5.92 Å². The van der Waals surface area contributed by atoms with Crippen LogP contribution in [0.2, 0.25) is 0 Å². The fourth-order valence-electron chi connectivity index (χ4n) is 2.59. The first-order valence-corrected chi connectivity index (χ1v) is 7.28. The lowest BCUT2D eigenvalue weighted by Crippen LogP contribution is -2.42. The lowest BCUT2D eigenvalue weighted by Gasteiger charge is -2.31.